The minimum absolute atomic E-state index is 0.173. The van der Waals surface area contributed by atoms with Crippen molar-refractivity contribution in [3.05, 3.63) is 46.0 Å². The van der Waals surface area contributed by atoms with Gasteiger partial charge in [-0.1, -0.05) is 24.6 Å². The summed E-state index contributed by atoms with van der Waals surface area (Å²) in [7, 11) is 0. The number of nitrogens with one attached hydrogen (secondary N) is 1. The van der Waals surface area contributed by atoms with Gasteiger partial charge in [0.15, 0.2) is 0 Å². The van der Waals surface area contributed by atoms with E-state index in [-0.39, 0.29) is 10.8 Å². The van der Waals surface area contributed by atoms with E-state index in [0.29, 0.717) is 0 Å². The normalized spacial score (nSPS) is 10.8. The number of rotatable bonds is 5. The van der Waals surface area contributed by atoms with Crippen molar-refractivity contribution < 1.29 is 4.39 Å². The van der Waals surface area contributed by atoms with Crippen molar-refractivity contribution in [1.82, 2.24) is 5.32 Å². The molecule has 0 unspecified atom stereocenters. The first kappa shape index (κ1) is 13.5. The Bertz CT molecular complexity index is 524. The van der Waals surface area contributed by atoms with Crippen molar-refractivity contribution in [3.63, 3.8) is 0 Å². The number of hydrogen-bond acceptors (Lipinski definition) is 2. The Morgan fingerprint density at radius 1 is 1.28 bits per heavy atom. The molecule has 1 aromatic carbocycles. The molecule has 2 rings (SSSR count). The second-order valence-electron chi connectivity index (χ2n) is 4.07. The van der Waals surface area contributed by atoms with Crippen LogP contribution >= 0.6 is 22.9 Å². The van der Waals surface area contributed by atoms with Crippen molar-refractivity contribution in [3.8, 4) is 10.4 Å². The van der Waals surface area contributed by atoms with E-state index in [1.807, 2.05) is 0 Å². The molecule has 1 N–H and O–H groups in total. The Morgan fingerprint density at radius 2 is 2.11 bits per heavy atom. The lowest BCUT2D eigenvalue weighted by Crippen LogP contribution is -2.12. The number of halogens is 2. The predicted molar refractivity (Wildman–Crippen MR) is 76.7 cm³/mol. The van der Waals surface area contributed by atoms with Crippen molar-refractivity contribution in [1.29, 1.82) is 0 Å². The third-order valence-electron chi connectivity index (χ3n) is 2.59. The SMILES string of the molecule is CCCNCc1ccc(-c2ccc(F)c(Cl)c2)s1. The fourth-order valence-corrected chi connectivity index (χ4v) is 2.82. The molecule has 0 fully saturated rings. The van der Waals surface area contributed by atoms with Gasteiger partial charge in [-0.3, -0.25) is 0 Å². The Labute approximate surface area is 116 Å². The van der Waals surface area contributed by atoms with E-state index in [4.69, 9.17) is 11.6 Å². The van der Waals surface area contributed by atoms with Crippen LogP contribution in [0.4, 0.5) is 4.39 Å². The Morgan fingerprint density at radius 3 is 2.83 bits per heavy atom. The summed E-state index contributed by atoms with van der Waals surface area (Å²) in [6, 6.07) is 8.99. The lowest BCUT2D eigenvalue weighted by Gasteiger charge is -2.00. The van der Waals surface area contributed by atoms with Crippen LogP contribution in [0.3, 0.4) is 0 Å². The zero-order valence-electron chi connectivity index (χ0n) is 10.2. The number of hydrogen-bond donors (Lipinski definition) is 1. The van der Waals surface area contributed by atoms with E-state index < -0.39 is 0 Å². The molecule has 0 aliphatic heterocycles. The van der Waals surface area contributed by atoms with E-state index in [1.165, 1.54) is 10.9 Å². The molecule has 0 saturated carbocycles. The second-order valence-corrected chi connectivity index (χ2v) is 5.65. The second kappa shape index (κ2) is 6.32. The van der Waals surface area contributed by atoms with Crippen LogP contribution < -0.4 is 5.32 Å². The zero-order chi connectivity index (χ0) is 13.0. The van der Waals surface area contributed by atoms with Gasteiger partial charge in [0.25, 0.3) is 0 Å². The Balaban J connectivity index is 2.11. The van der Waals surface area contributed by atoms with Crippen LogP contribution in [0.5, 0.6) is 0 Å². The number of benzene rings is 1. The van der Waals surface area contributed by atoms with E-state index in [0.717, 1.165) is 30.0 Å². The highest BCUT2D eigenvalue weighted by Crippen LogP contribution is 2.30. The monoisotopic (exact) mass is 283 g/mol. The molecule has 0 atom stereocenters. The lowest BCUT2D eigenvalue weighted by molar-refractivity contribution is 0.628. The van der Waals surface area contributed by atoms with Crippen molar-refractivity contribution >= 4 is 22.9 Å². The minimum atomic E-state index is -0.373. The largest absolute Gasteiger partial charge is 0.312 e. The molecule has 0 bridgehead atoms. The molecule has 1 aromatic heterocycles. The molecule has 0 amide bonds. The van der Waals surface area contributed by atoms with E-state index in [2.05, 4.69) is 24.4 Å². The first-order valence-electron chi connectivity index (χ1n) is 5.95. The zero-order valence-corrected chi connectivity index (χ0v) is 11.7. The first-order chi connectivity index (χ1) is 8.70. The maximum atomic E-state index is 13.1. The molecule has 0 aliphatic carbocycles. The Hall–Kier alpha value is -0.900. The molecule has 2 aromatic rings. The topological polar surface area (TPSA) is 12.0 Å². The van der Waals surface area contributed by atoms with E-state index in [9.17, 15) is 4.39 Å². The number of thiophene rings is 1. The van der Waals surface area contributed by atoms with Gasteiger partial charge in [-0.05, 0) is 42.8 Å². The molecular weight excluding hydrogens is 269 g/mol. The van der Waals surface area contributed by atoms with Crippen LogP contribution in [0.2, 0.25) is 5.02 Å². The molecule has 1 nitrogen and oxygen atoms in total. The van der Waals surface area contributed by atoms with Crippen molar-refractivity contribution in [2.45, 2.75) is 19.9 Å². The molecule has 0 aliphatic rings. The average Bonchev–Trinajstić information content (AvgIpc) is 2.82. The van der Waals surface area contributed by atoms with Crippen molar-refractivity contribution in [2.75, 3.05) is 6.54 Å². The maximum Gasteiger partial charge on any atom is 0.141 e. The summed E-state index contributed by atoms with van der Waals surface area (Å²) in [5.74, 6) is -0.373. The summed E-state index contributed by atoms with van der Waals surface area (Å²) in [6.45, 7) is 4.05. The Kier molecular flexibility index (Phi) is 4.75. The van der Waals surface area contributed by atoms with Crippen molar-refractivity contribution in [2.24, 2.45) is 0 Å². The molecule has 0 radical (unpaired) electrons. The average molecular weight is 284 g/mol. The highest BCUT2D eigenvalue weighted by Gasteiger charge is 2.06. The summed E-state index contributed by atoms with van der Waals surface area (Å²) in [4.78, 5) is 2.39. The summed E-state index contributed by atoms with van der Waals surface area (Å²) in [5.41, 5.74) is 0.966. The van der Waals surface area contributed by atoms with E-state index >= 15 is 0 Å². The molecule has 18 heavy (non-hydrogen) atoms. The molecular formula is C14H15ClFNS. The summed E-state index contributed by atoms with van der Waals surface area (Å²) in [6.07, 6.45) is 1.13. The van der Waals surface area contributed by atoms with Crippen LogP contribution in [-0.2, 0) is 6.54 Å². The van der Waals surface area contributed by atoms with Crippen LogP contribution in [0.15, 0.2) is 30.3 Å². The van der Waals surface area contributed by atoms with Gasteiger partial charge in [-0.15, -0.1) is 11.3 Å². The van der Waals surface area contributed by atoms with Gasteiger partial charge in [0.2, 0.25) is 0 Å². The summed E-state index contributed by atoms with van der Waals surface area (Å²) >= 11 is 7.50. The lowest BCUT2D eigenvalue weighted by atomic mass is 10.2. The molecule has 0 spiro atoms. The third-order valence-corrected chi connectivity index (χ3v) is 4.02. The van der Waals surface area contributed by atoms with Crippen LogP contribution in [-0.4, -0.2) is 6.54 Å². The van der Waals surface area contributed by atoms with Gasteiger partial charge in [-0.25, -0.2) is 4.39 Å². The smallest absolute Gasteiger partial charge is 0.141 e. The molecule has 96 valence electrons. The van der Waals surface area contributed by atoms with Crippen LogP contribution in [0.25, 0.3) is 10.4 Å². The van der Waals surface area contributed by atoms with Crippen LogP contribution in [0, 0.1) is 5.82 Å². The standard InChI is InChI=1S/C14H15ClFNS/c1-2-7-17-9-11-4-6-14(18-11)10-3-5-13(16)12(15)8-10/h3-6,8,17H,2,7,9H2,1H3. The highest BCUT2D eigenvalue weighted by molar-refractivity contribution is 7.15. The quantitative estimate of drug-likeness (QED) is 0.784. The third kappa shape index (κ3) is 3.31. The van der Waals surface area contributed by atoms with E-state index in [1.54, 1.807) is 23.5 Å². The minimum Gasteiger partial charge on any atom is -0.312 e. The van der Waals surface area contributed by atoms with Gasteiger partial charge < -0.3 is 5.32 Å². The molecule has 4 heteroatoms. The van der Waals surface area contributed by atoms with Gasteiger partial charge in [-0.2, -0.15) is 0 Å². The first-order valence-corrected chi connectivity index (χ1v) is 7.15. The van der Waals surface area contributed by atoms with Gasteiger partial charge in [0.05, 0.1) is 5.02 Å². The summed E-state index contributed by atoms with van der Waals surface area (Å²) in [5, 5.41) is 3.53. The predicted octanol–water partition coefficient (Wildman–Crippen LogP) is 4.71. The van der Waals surface area contributed by atoms with Crippen LogP contribution in [0.1, 0.15) is 18.2 Å². The van der Waals surface area contributed by atoms with Gasteiger partial charge in [0, 0.05) is 16.3 Å². The molecule has 0 saturated heterocycles. The van der Waals surface area contributed by atoms with Gasteiger partial charge >= 0.3 is 0 Å². The summed E-state index contributed by atoms with van der Waals surface area (Å²) < 4.78 is 13.1. The molecule has 1 heterocycles. The van der Waals surface area contributed by atoms with Gasteiger partial charge in [0.1, 0.15) is 5.82 Å². The highest BCUT2D eigenvalue weighted by atomic mass is 35.5. The maximum absolute atomic E-state index is 13.1. The fourth-order valence-electron chi connectivity index (χ4n) is 1.67. The fraction of sp³-hybridized carbons (Fsp3) is 0.286.